The standard InChI is InChI=1S/C28H36N2O4/c1-7-29(8-2)16-17-30-24(19-12-14-21(15-13-19)28(3,4)5)23(26(32)27(30)33)25(31)20-10-9-11-22(18-20)34-6/h9-15,18,24,31H,7-8,16-17H2,1-6H3/b25-23+. The number of Topliss-reactive ketones (excluding diaryl/α,β-unsaturated/α-hetero) is 1. The van der Waals surface area contributed by atoms with Crippen LogP contribution < -0.4 is 4.74 Å². The zero-order valence-corrected chi connectivity index (χ0v) is 21.1. The van der Waals surface area contributed by atoms with Gasteiger partial charge in [-0.1, -0.05) is 71.0 Å². The highest BCUT2D eigenvalue weighted by molar-refractivity contribution is 6.46. The zero-order valence-electron chi connectivity index (χ0n) is 21.1. The first-order chi connectivity index (χ1) is 16.1. The van der Waals surface area contributed by atoms with E-state index in [4.69, 9.17) is 4.74 Å². The summed E-state index contributed by atoms with van der Waals surface area (Å²) in [7, 11) is 1.54. The third-order valence-corrected chi connectivity index (χ3v) is 6.53. The summed E-state index contributed by atoms with van der Waals surface area (Å²) in [6.07, 6.45) is 0. The molecule has 1 atom stereocenters. The fourth-order valence-electron chi connectivity index (χ4n) is 4.34. The van der Waals surface area contributed by atoms with Crippen LogP contribution in [0.25, 0.3) is 5.76 Å². The Labute approximate surface area is 202 Å². The van der Waals surface area contributed by atoms with Crippen LogP contribution in [0, 0.1) is 0 Å². The first-order valence-corrected chi connectivity index (χ1v) is 11.9. The van der Waals surface area contributed by atoms with Gasteiger partial charge in [-0.25, -0.2) is 0 Å². The lowest BCUT2D eigenvalue weighted by Crippen LogP contribution is -2.38. The maximum Gasteiger partial charge on any atom is 0.295 e. The number of rotatable bonds is 8. The summed E-state index contributed by atoms with van der Waals surface area (Å²) in [6, 6.07) is 14.2. The molecule has 1 aliphatic heterocycles. The average molecular weight is 465 g/mol. The van der Waals surface area contributed by atoms with Crippen LogP contribution in [0.15, 0.2) is 54.1 Å². The Morgan fingerprint density at radius 3 is 2.26 bits per heavy atom. The maximum atomic E-state index is 13.2. The van der Waals surface area contributed by atoms with Crippen LogP contribution in [0.4, 0.5) is 0 Å². The first kappa shape index (κ1) is 25.5. The van der Waals surface area contributed by atoms with Crippen LogP contribution in [0.1, 0.15) is 57.4 Å². The lowest BCUT2D eigenvalue weighted by molar-refractivity contribution is -0.140. The summed E-state index contributed by atoms with van der Waals surface area (Å²) >= 11 is 0. The van der Waals surface area contributed by atoms with Crippen molar-refractivity contribution < 1.29 is 19.4 Å². The van der Waals surface area contributed by atoms with Gasteiger partial charge in [-0.05, 0) is 41.8 Å². The van der Waals surface area contributed by atoms with Crippen molar-refractivity contribution in [3.8, 4) is 5.75 Å². The van der Waals surface area contributed by atoms with Crippen molar-refractivity contribution in [3.63, 3.8) is 0 Å². The predicted molar refractivity (Wildman–Crippen MR) is 135 cm³/mol. The molecule has 0 aliphatic carbocycles. The van der Waals surface area contributed by atoms with E-state index in [1.165, 1.54) is 0 Å². The first-order valence-electron chi connectivity index (χ1n) is 11.9. The molecule has 0 aromatic heterocycles. The van der Waals surface area contributed by atoms with Gasteiger partial charge in [-0.3, -0.25) is 9.59 Å². The Bertz CT molecular complexity index is 1060. The molecule has 0 saturated carbocycles. The van der Waals surface area contributed by atoms with Crippen molar-refractivity contribution in [2.24, 2.45) is 0 Å². The van der Waals surface area contributed by atoms with Crippen LogP contribution in [-0.4, -0.2) is 59.9 Å². The number of aliphatic hydroxyl groups excluding tert-OH is 1. The topological polar surface area (TPSA) is 70.1 Å². The van der Waals surface area contributed by atoms with Crippen LogP contribution >= 0.6 is 0 Å². The van der Waals surface area contributed by atoms with Gasteiger partial charge in [0.15, 0.2) is 0 Å². The Kier molecular flexibility index (Phi) is 7.82. The molecule has 6 nitrogen and oxygen atoms in total. The molecule has 2 aromatic rings. The summed E-state index contributed by atoms with van der Waals surface area (Å²) in [6.45, 7) is 13.3. The van der Waals surface area contributed by atoms with Crippen LogP contribution in [0.3, 0.4) is 0 Å². The van der Waals surface area contributed by atoms with E-state index in [2.05, 4.69) is 39.5 Å². The van der Waals surface area contributed by atoms with E-state index in [1.54, 1.807) is 36.3 Å². The van der Waals surface area contributed by atoms with Crippen LogP contribution in [0.5, 0.6) is 5.75 Å². The molecule has 2 aromatic carbocycles. The van der Waals surface area contributed by atoms with E-state index in [1.807, 2.05) is 24.3 Å². The molecule has 1 amide bonds. The lowest BCUT2D eigenvalue weighted by atomic mass is 9.85. The number of hydrogen-bond donors (Lipinski definition) is 1. The molecule has 0 spiro atoms. The Morgan fingerprint density at radius 2 is 1.71 bits per heavy atom. The van der Waals surface area contributed by atoms with E-state index >= 15 is 0 Å². The van der Waals surface area contributed by atoms with E-state index in [-0.39, 0.29) is 16.7 Å². The molecular formula is C28H36N2O4. The van der Waals surface area contributed by atoms with Gasteiger partial charge < -0.3 is 19.6 Å². The van der Waals surface area contributed by atoms with E-state index in [9.17, 15) is 14.7 Å². The smallest absolute Gasteiger partial charge is 0.295 e. The number of amides is 1. The molecule has 1 saturated heterocycles. The van der Waals surface area contributed by atoms with Gasteiger partial charge in [0.1, 0.15) is 11.5 Å². The highest BCUT2D eigenvalue weighted by atomic mass is 16.5. The van der Waals surface area contributed by atoms with Crippen molar-refractivity contribution >= 4 is 17.4 Å². The maximum absolute atomic E-state index is 13.2. The van der Waals surface area contributed by atoms with Gasteiger partial charge in [0, 0.05) is 18.7 Å². The summed E-state index contributed by atoms with van der Waals surface area (Å²) in [5.41, 5.74) is 2.49. The van der Waals surface area contributed by atoms with Crippen molar-refractivity contribution in [2.75, 3.05) is 33.3 Å². The molecule has 1 N–H and O–H groups in total. The molecule has 182 valence electrons. The number of carbonyl (C=O) groups is 2. The van der Waals surface area contributed by atoms with Gasteiger partial charge in [-0.15, -0.1) is 0 Å². The van der Waals surface area contributed by atoms with Gasteiger partial charge in [-0.2, -0.15) is 0 Å². The number of ketones is 1. The highest BCUT2D eigenvalue weighted by Gasteiger charge is 2.46. The lowest BCUT2D eigenvalue weighted by Gasteiger charge is -2.28. The molecule has 0 radical (unpaired) electrons. The second-order valence-electron chi connectivity index (χ2n) is 9.62. The number of methoxy groups -OCH3 is 1. The fraction of sp³-hybridized carbons (Fsp3) is 0.429. The minimum atomic E-state index is -0.662. The minimum absolute atomic E-state index is 0.0241. The number of nitrogens with zero attached hydrogens (tertiary/aromatic N) is 2. The number of hydrogen-bond acceptors (Lipinski definition) is 5. The summed E-state index contributed by atoms with van der Waals surface area (Å²) in [5.74, 6) is -0.871. The Morgan fingerprint density at radius 1 is 1.06 bits per heavy atom. The second kappa shape index (κ2) is 10.4. The SMILES string of the molecule is CCN(CC)CCN1C(=O)C(=O)/C(=C(/O)c2cccc(OC)c2)C1c1ccc(C(C)(C)C)cc1. The molecule has 6 heteroatoms. The Balaban J connectivity index is 2.12. The number of carbonyl (C=O) groups excluding carboxylic acids is 2. The van der Waals surface area contributed by atoms with Crippen molar-refractivity contribution in [2.45, 2.75) is 46.1 Å². The largest absolute Gasteiger partial charge is 0.507 e. The summed E-state index contributed by atoms with van der Waals surface area (Å²) < 4.78 is 5.28. The third-order valence-electron chi connectivity index (χ3n) is 6.53. The minimum Gasteiger partial charge on any atom is -0.507 e. The van der Waals surface area contributed by atoms with Crippen LogP contribution in [0.2, 0.25) is 0 Å². The quantitative estimate of drug-likeness (QED) is 0.347. The van der Waals surface area contributed by atoms with Gasteiger partial charge in [0.25, 0.3) is 11.7 Å². The van der Waals surface area contributed by atoms with Crippen molar-refractivity contribution in [1.82, 2.24) is 9.80 Å². The van der Waals surface area contributed by atoms with E-state index in [0.29, 0.717) is 24.4 Å². The number of likely N-dealkylation sites (N-methyl/N-ethyl adjacent to an activating group) is 1. The highest BCUT2D eigenvalue weighted by Crippen LogP contribution is 2.40. The van der Waals surface area contributed by atoms with Gasteiger partial charge in [0.05, 0.1) is 18.7 Å². The summed E-state index contributed by atoms with van der Waals surface area (Å²) in [5, 5.41) is 11.2. The molecule has 1 heterocycles. The van der Waals surface area contributed by atoms with Crippen molar-refractivity contribution in [3.05, 3.63) is 70.8 Å². The number of aliphatic hydroxyl groups is 1. The molecule has 34 heavy (non-hydrogen) atoms. The van der Waals surface area contributed by atoms with Gasteiger partial charge >= 0.3 is 0 Å². The monoisotopic (exact) mass is 464 g/mol. The Hall–Kier alpha value is -3.12. The van der Waals surface area contributed by atoms with Gasteiger partial charge in [0.2, 0.25) is 0 Å². The normalized spacial score (nSPS) is 18.1. The molecule has 1 fully saturated rings. The van der Waals surface area contributed by atoms with Crippen LogP contribution in [-0.2, 0) is 15.0 Å². The molecule has 1 aliphatic rings. The van der Waals surface area contributed by atoms with E-state index in [0.717, 1.165) is 24.2 Å². The molecule has 1 unspecified atom stereocenters. The number of likely N-dealkylation sites (tertiary alicyclic amines) is 1. The summed E-state index contributed by atoms with van der Waals surface area (Å²) in [4.78, 5) is 30.2. The third kappa shape index (κ3) is 5.17. The zero-order chi connectivity index (χ0) is 25.0. The second-order valence-corrected chi connectivity index (χ2v) is 9.62. The molecule has 0 bridgehead atoms. The molecular weight excluding hydrogens is 428 g/mol. The average Bonchev–Trinajstić information content (AvgIpc) is 3.08. The fourth-order valence-corrected chi connectivity index (χ4v) is 4.34. The predicted octanol–water partition coefficient (Wildman–Crippen LogP) is 4.76. The van der Waals surface area contributed by atoms with Crippen molar-refractivity contribution in [1.29, 1.82) is 0 Å². The molecule has 3 rings (SSSR count). The number of benzene rings is 2. The number of ether oxygens (including phenoxy) is 1. The van der Waals surface area contributed by atoms with E-state index < -0.39 is 17.7 Å².